The summed E-state index contributed by atoms with van der Waals surface area (Å²) in [5.41, 5.74) is 6.44. The second-order valence-electron chi connectivity index (χ2n) is 6.06. The van der Waals surface area contributed by atoms with Crippen LogP contribution in [0.1, 0.15) is 34.4 Å². The van der Waals surface area contributed by atoms with E-state index in [1.807, 2.05) is 12.1 Å². The Labute approximate surface area is 135 Å². The van der Waals surface area contributed by atoms with E-state index in [9.17, 15) is 5.11 Å². The molecule has 1 N–H and O–H groups in total. The number of hydrogen-bond acceptors (Lipinski definition) is 3. The summed E-state index contributed by atoms with van der Waals surface area (Å²) in [6.45, 7) is 2.22. The van der Waals surface area contributed by atoms with Crippen molar-refractivity contribution in [2.24, 2.45) is 0 Å². The summed E-state index contributed by atoms with van der Waals surface area (Å²) in [6.07, 6.45) is 4.12. The van der Waals surface area contributed by atoms with Gasteiger partial charge in [-0.2, -0.15) is 0 Å². The molecule has 1 aliphatic heterocycles. The highest BCUT2D eigenvalue weighted by molar-refractivity contribution is 7.11. The van der Waals surface area contributed by atoms with Crippen molar-refractivity contribution >= 4 is 28.7 Å². The quantitative estimate of drug-likeness (QED) is 0.766. The SMILES string of the molecule is CN1CCC(=C2c3ccccc3C=C(O)c3sccc32)CC1. The Hall–Kier alpha value is -1.84. The van der Waals surface area contributed by atoms with Crippen LogP contribution in [0.5, 0.6) is 0 Å². The van der Waals surface area contributed by atoms with Gasteiger partial charge in [-0.15, -0.1) is 11.3 Å². The van der Waals surface area contributed by atoms with Crippen LogP contribution in [-0.2, 0) is 0 Å². The minimum Gasteiger partial charge on any atom is -0.506 e. The second kappa shape index (κ2) is 5.41. The first-order chi connectivity index (χ1) is 10.7. The summed E-state index contributed by atoms with van der Waals surface area (Å²) < 4.78 is 0. The molecule has 0 radical (unpaired) electrons. The van der Waals surface area contributed by atoms with Crippen molar-refractivity contribution in [1.82, 2.24) is 4.90 Å². The van der Waals surface area contributed by atoms with Crippen LogP contribution in [-0.4, -0.2) is 30.1 Å². The molecule has 2 aliphatic rings. The van der Waals surface area contributed by atoms with Crippen LogP contribution >= 0.6 is 11.3 Å². The third-order valence-electron chi connectivity index (χ3n) is 4.63. The standard InChI is InChI=1S/C19H19NOS/c1-20-9-6-13(7-10-20)18-15-5-3-2-4-14(15)12-17(21)19-16(18)8-11-22-19/h2-5,8,11-12,21H,6-7,9-10H2,1H3. The van der Waals surface area contributed by atoms with E-state index < -0.39 is 0 Å². The van der Waals surface area contributed by atoms with Gasteiger partial charge in [-0.05, 0) is 54.1 Å². The van der Waals surface area contributed by atoms with E-state index in [-0.39, 0.29) is 0 Å². The molecule has 1 aliphatic carbocycles. The van der Waals surface area contributed by atoms with E-state index in [0.29, 0.717) is 5.76 Å². The van der Waals surface area contributed by atoms with Gasteiger partial charge in [0.25, 0.3) is 0 Å². The topological polar surface area (TPSA) is 23.5 Å². The molecule has 2 heterocycles. The smallest absolute Gasteiger partial charge is 0.134 e. The van der Waals surface area contributed by atoms with Gasteiger partial charge in [-0.1, -0.05) is 29.8 Å². The number of benzene rings is 1. The van der Waals surface area contributed by atoms with Crippen molar-refractivity contribution in [3.63, 3.8) is 0 Å². The van der Waals surface area contributed by atoms with Gasteiger partial charge in [0.1, 0.15) is 5.76 Å². The second-order valence-corrected chi connectivity index (χ2v) is 6.98. The van der Waals surface area contributed by atoms with E-state index in [4.69, 9.17) is 0 Å². The Kier molecular flexibility index (Phi) is 3.40. The molecular weight excluding hydrogens is 290 g/mol. The number of aliphatic hydroxyl groups is 1. The normalized spacial score (nSPS) is 18.5. The van der Waals surface area contributed by atoms with Crippen LogP contribution in [0.25, 0.3) is 17.4 Å². The molecule has 0 saturated carbocycles. The van der Waals surface area contributed by atoms with E-state index >= 15 is 0 Å². The number of piperidine rings is 1. The fraction of sp³-hybridized carbons (Fsp3) is 0.263. The maximum absolute atomic E-state index is 10.5. The highest BCUT2D eigenvalue weighted by Crippen LogP contribution is 2.42. The summed E-state index contributed by atoms with van der Waals surface area (Å²) in [5.74, 6) is 0.390. The van der Waals surface area contributed by atoms with Crippen molar-refractivity contribution in [2.45, 2.75) is 12.8 Å². The van der Waals surface area contributed by atoms with Crippen LogP contribution in [0, 0.1) is 0 Å². The zero-order valence-electron chi connectivity index (χ0n) is 12.7. The molecule has 22 heavy (non-hydrogen) atoms. The van der Waals surface area contributed by atoms with Crippen LogP contribution in [0.4, 0.5) is 0 Å². The van der Waals surface area contributed by atoms with Gasteiger partial charge in [-0.3, -0.25) is 0 Å². The summed E-state index contributed by atoms with van der Waals surface area (Å²) in [7, 11) is 2.19. The summed E-state index contributed by atoms with van der Waals surface area (Å²) in [4.78, 5) is 3.38. The molecule has 1 saturated heterocycles. The zero-order valence-corrected chi connectivity index (χ0v) is 13.5. The summed E-state index contributed by atoms with van der Waals surface area (Å²) in [6, 6.07) is 10.6. The zero-order chi connectivity index (χ0) is 15.1. The van der Waals surface area contributed by atoms with E-state index in [0.717, 1.165) is 36.4 Å². The van der Waals surface area contributed by atoms with Gasteiger partial charge in [0.2, 0.25) is 0 Å². The predicted octanol–water partition coefficient (Wildman–Crippen LogP) is 4.65. The van der Waals surface area contributed by atoms with E-state index in [2.05, 4.69) is 41.6 Å². The minimum atomic E-state index is 0.390. The lowest BCUT2D eigenvalue weighted by Gasteiger charge is -2.27. The fourth-order valence-electron chi connectivity index (χ4n) is 3.43. The monoisotopic (exact) mass is 309 g/mol. The van der Waals surface area contributed by atoms with Crippen molar-refractivity contribution in [3.05, 3.63) is 62.9 Å². The molecule has 112 valence electrons. The number of nitrogens with zero attached hydrogens (tertiary/aromatic N) is 1. The molecule has 1 aromatic carbocycles. The van der Waals surface area contributed by atoms with Crippen LogP contribution in [0.15, 0.2) is 41.3 Å². The number of fused-ring (bicyclic) bond motifs is 2. The molecule has 3 heteroatoms. The van der Waals surface area contributed by atoms with E-state index in [1.54, 1.807) is 11.3 Å². The number of hydrogen-bond donors (Lipinski definition) is 1. The molecule has 0 bridgehead atoms. The Morgan fingerprint density at radius 1 is 1.05 bits per heavy atom. The number of rotatable bonds is 0. The summed E-state index contributed by atoms with van der Waals surface area (Å²) in [5, 5.41) is 12.6. The number of likely N-dealkylation sites (tertiary alicyclic amines) is 1. The van der Waals surface area contributed by atoms with Crippen molar-refractivity contribution < 1.29 is 5.11 Å². The van der Waals surface area contributed by atoms with Gasteiger partial charge < -0.3 is 10.0 Å². The van der Waals surface area contributed by atoms with Gasteiger partial charge in [0.15, 0.2) is 0 Å². The molecule has 2 aromatic rings. The van der Waals surface area contributed by atoms with E-state index in [1.165, 1.54) is 22.3 Å². The highest BCUT2D eigenvalue weighted by atomic mass is 32.1. The molecule has 0 amide bonds. The van der Waals surface area contributed by atoms with Gasteiger partial charge in [-0.25, -0.2) is 0 Å². The third kappa shape index (κ3) is 2.21. The number of aliphatic hydroxyl groups excluding tert-OH is 1. The average molecular weight is 309 g/mol. The van der Waals surface area contributed by atoms with Crippen molar-refractivity contribution in [3.8, 4) is 0 Å². The molecule has 0 spiro atoms. The lowest BCUT2D eigenvalue weighted by molar-refractivity contribution is 0.313. The van der Waals surface area contributed by atoms with Crippen LogP contribution in [0.3, 0.4) is 0 Å². The first-order valence-corrected chi connectivity index (χ1v) is 8.61. The Morgan fingerprint density at radius 2 is 1.82 bits per heavy atom. The fourth-order valence-corrected chi connectivity index (χ4v) is 4.25. The highest BCUT2D eigenvalue weighted by Gasteiger charge is 2.24. The third-order valence-corrected chi connectivity index (χ3v) is 5.57. The van der Waals surface area contributed by atoms with Gasteiger partial charge in [0.05, 0.1) is 4.88 Å². The Balaban J connectivity index is 1.97. The van der Waals surface area contributed by atoms with Crippen molar-refractivity contribution in [1.29, 1.82) is 0 Å². The molecule has 0 unspecified atom stereocenters. The predicted molar refractivity (Wildman–Crippen MR) is 94.0 cm³/mol. The molecule has 2 nitrogen and oxygen atoms in total. The molecule has 1 fully saturated rings. The van der Waals surface area contributed by atoms with Gasteiger partial charge >= 0.3 is 0 Å². The maximum atomic E-state index is 10.5. The lowest BCUT2D eigenvalue weighted by Crippen LogP contribution is -2.27. The minimum absolute atomic E-state index is 0.390. The maximum Gasteiger partial charge on any atom is 0.134 e. The first kappa shape index (κ1) is 13.8. The van der Waals surface area contributed by atoms with Gasteiger partial charge in [0, 0.05) is 18.7 Å². The molecule has 4 rings (SSSR count). The Morgan fingerprint density at radius 3 is 2.64 bits per heavy atom. The molecule has 0 atom stereocenters. The Bertz CT molecular complexity index is 774. The average Bonchev–Trinajstić information content (AvgIpc) is 2.96. The lowest BCUT2D eigenvalue weighted by atomic mass is 9.87. The first-order valence-electron chi connectivity index (χ1n) is 7.73. The summed E-state index contributed by atoms with van der Waals surface area (Å²) >= 11 is 1.62. The number of thiophene rings is 1. The van der Waals surface area contributed by atoms with Crippen molar-refractivity contribution in [2.75, 3.05) is 20.1 Å². The van der Waals surface area contributed by atoms with Crippen LogP contribution < -0.4 is 0 Å². The largest absolute Gasteiger partial charge is 0.506 e. The van der Waals surface area contributed by atoms with Crippen LogP contribution in [0.2, 0.25) is 0 Å². The molecular formula is C19H19NOS. The molecule has 1 aromatic heterocycles.